The van der Waals surface area contributed by atoms with Crippen molar-refractivity contribution in [1.82, 2.24) is 8.61 Å². The average Bonchev–Trinajstić information content (AvgIpc) is 3.74. The molecular weight excluding hydrogens is 622 g/mol. The normalized spacial score (nSPS) is 14.7. The Labute approximate surface area is 278 Å². The number of rotatable bonds is 16. The summed E-state index contributed by atoms with van der Waals surface area (Å²) in [6.07, 6.45) is 11.5. The number of likely N-dealkylation sites (N-methyl/N-ethyl adjacent to an activating group) is 1. The molecule has 2 rings (SSSR count). The van der Waals surface area contributed by atoms with Gasteiger partial charge < -0.3 is 5.11 Å². The minimum atomic E-state index is -3.80. The number of aliphatic hydroxyl groups excluding tert-OH is 1. The quantitative estimate of drug-likeness (QED) is 0.107. The number of alkyl halides is 1. The van der Waals surface area contributed by atoms with Gasteiger partial charge in [0.05, 0.1) is 11.5 Å². The van der Waals surface area contributed by atoms with Gasteiger partial charge in [-0.15, -0.1) is 11.6 Å². The van der Waals surface area contributed by atoms with Gasteiger partial charge in [0, 0.05) is 43.9 Å². The number of aliphatic hydroxyl groups is 1. The van der Waals surface area contributed by atoms with Crippen LogP contribution in [-0.2, 0) is 16.4 Å². The van der Waals surface area contributed by atoms with Crippen molar-refractivity contribution in [2.45, 2.75) is 100.0 Å². The summed E-state index contributed by atoms with van der Waals surface area (Å²) in [5.41, 5.74) is 1.77. The van der Waals surface area contributed by atoms with Crippen molar-refractivity contribution >= 4 is 33.6 Å². The number of sulfonamides is 1. The zero-order valence-corrected chi connectivity index (χ0v) is 31.0. The Bertz CT molecular complexity index is 1070. The van der Waals surface area contributed by atoms with E-state index in [0.29, 0.717) is 11.0 Å². The highest BCUT2D eigenvalue weighted by atomic mass is 35.5. The zero-order valence-electron chi connectivity index (χ0n) is 28.6. The van der Waals surface area contributed by atoms with E-state index in [4.69, 9.17) is 16.7 Å². The van der Waals surface area contributed by atoms with E-state index in [-0.39, 0.29) is 23.8 Å². The molecule has 256 valence electrons. The number of unbranched alkanes of at least 4 members (excludes halogenated alkanes) is 1. The van der Waals surface area contributed by atoms with Crippen LogP contribution < -0.4 is 0 Å². The summed E-state index contributed by atoms with van der Waals surface area (Å²) in [5, 5.41) is 8.85. The summed E-state index contributed by atoms with van der Waals surface area (Å²) in [5.74, 6) is 0.102. The lowest BCUT2D eigenvalue weighted by atomic mass is 10.1. The Kier molecular flexibility index (Phi) is 25.4. The van der Waals surface area contributed by atoms with Crippen molar-refractivity contribution in [2.24, 2.45) is 5.41 Å². The van der Waals surface area contributed by atoms with Crippen molar-refractivity contribution in [3.05, 3.63) is 70.7 Å². The molecule has 0 spiro atoms. The third-order valence-corrected chi connectivity index (χ3v) is 10.6. The molecular formula is C34H59ClF2N2O3S2. The molecule has 1 N–H and O–H groups in total. The Morgan fingerprint density at radius 1 is 1.09 bits per heavy atom. The summed E-state index contributed by atoms with van der Waals surface area (Å²) in [7, 11) is -2.39. The van der Waals surface area contributed by atoms with E-state index in [2.05, 4.69) is 38.6 Å². The Morgan fingerprint density at radius 3 is 2.05 bits per heavy atom. The first kappa shape index (κ1) is 44.9. The van der Waals surface area contributed by atoms with E-state index in [0.717, 1.165) is 29.0 Å². The van der Waals surface area contributed by atoms with Crippen LogP contribution in [0.1, 0.15) is 93.1 Å². The van der Waals surface area contributed by atoms with E-state index < -0.39 is 27.7 Å². The predicted molar refractivity (Wildman–Crippen MR) is 190 cm³/mol. The van der Waals surface area contributed by atoms with Gasteiger partial charge in [-0.05, 0) is 74.3 Å². The SMILES string of the molecule is C=C(/C=C\C(=C/C)CCl)S(=O)(=O)N(C)C(C)Cc1cc(F)cc(F)c1.CC.CCCC.CCCN(CCO)SCC1(C)CC1. The van der Waals surface area contributed by atoms with Crippen LogP contribution in [0.2, 0.25) is 0 Å². The lowest BCUT2D eigenvalue weighted by Crippen LogP contribution is -2.36. The highest BCUT2D eigenvalue weighted by Crippen LogP contribution is 2.47. The fraction of sp³-hybridized carbons (Fsp3) is 0.647. The minimum absolute atomic E-state index is 0.0864. The van der Waals surface area contributed by atoms with E-state index in [1.54, 1.807) is 26.0 Å². The lowest BCUT2D eigenvalue weighted by Gasteiger charge is -2.24. The van der Waals surface area contributed by atoms with Gasteiger partial charge in [0.1, 0.15) is 11.6 Å². The first-order valence-corrected chi connectivity index (χ1v) is 18.6. The molecule has 1 unspecified atom stereocenters. The van der Waals surface area contributed by atoms with Gasteiger partial charge in [-0.25, -0.2) is 21.5 Å². The molecule has 0 amide bonds. The maximum atomic E-state index is 13.3. The van der Waals surface area contributed by atoms with Crippen molar-refractivity contribution in [1.29, 1.82) is 0 Å². The van der Waals surface area contributed by atoms with Crippen LogP contribution in [0.5, 0.6) is 0 Å². The molecule has 0 heterocycles. The Balaban J connectivity index is 0. The van der Waals surface area contributed by atoms with Crippen LogP contribution in [-0.4, -0.2) is 66.6 Å². The molecule has 0 radical (unpaired) electrons. The highest BCUT2D eigenvalue weighted by Gasteiger charge is 2.37. The van der Waals surface area contributed by atoms with E-state index in [1.165, 1.54) is 63.1 Å². The maximum Gasteiger partial charge on any atom is 0.242 e. The smallest absolute Gasteiger partial charge is 0.242 e. The molecule has 1 aromatic rings. The molecule has 5 nitrogen and oxygen atoms in total. The fourth-order valence-corrected chi connectivity index (χ4v) is 6.04. The molecule has 0 aliphatic heterocycles. The lowest BCUT2D eigenvalue weighted by molar-refractivity contribution is 0.261. The number of hydrogen-bond donors (Lipinski definition) is 1. The Hall–Kier alpha value is -1.23. The van der Waals surface area contributed by atoms with E-state index in [9.17, 15) is 17.2 Å². The molecule has 1 atom stereocenters. The number of halogens is 3. The number of nitrogens with zero attached hydrogens (tertiary/aromatic N) is 2. The molecule has 0 saturated heterocycles. The molecule has 1 aromatic carbocycles. The van der Waals surface area contributed by atoms with Crippen LogP contribution in [0.3, 0.4) is 0 Å². The fourth-order valence-electron chi connectivity index (χ4n) is 3.33. The molecule has 1 fully saturated rings. The molecule has 1 aliphatic carbocycles. The van der Waals surface area contributed by atoms with Crippen LogP contribution in [0.25, 0.3) is 0 Å². The van der Waals surface area contributed by atoms with Gasteiger partial charge in [-0.2, -0.15) is 4.31 Å². The standard InChI is InChI=1S/C18H22ClF2NO2S.C10H21NOS.C4H10.C2H6/c1-5-15(12-19)7-6-14(3)25(23,24)22(4)13(2)8-16-9-17(20)11-18(21)10-16;1-3-6-11(7-8-12)13-9-10(2)4-5-10;1-3-4-2;1-2/h5-7,9-11,13H,3,8,12H2,1-2,4H3;12H,3-9H2,1-2H3;3-4H2,1-2H3;1-2H3/b7-6-,15-5+;;;. The summed E-state index contributed by atoms with van der Waals surface area (Å²) in [6, 6.07) is 2.64. The average molecular weight is 681 g/mol. The predicted octanol–water partition coefficient (Wildman–Crippen LogP) is 9.38. The first-order valence-electron chi connectivity index (χ1n) is 15.7. The van der Waals surface area contributed by atoms with Gasteiger partial charge in [-0.3, -0.25) is 0 Å². The number of allylic oxidation sites excluding steroid dienone is 4. The van der Waals surface area contributed by atoms with Crippen molar-refractivity contribution in [2.75, 3.05) is 38.4 Å². The molecule has 1 aliphatic rings. The summed E-state index contributed by atoms with van der Waals surface area (Å²) in [4.78, 5) is -0.0864. The summed E-state index contributed by atoms with van der Waals surface area (Å²) >= 11 is 7.64. The van der Waals surface area contributed by atoms with Gasteiger partial charge >= 0.3 is 0 Å². The van der Waals surface area contributed by atoms with Gasteiger partial charge in [0.15, 0.2) is 0 Å². The summed E-state index contributed by atoms with van der Waals surface area (Å²) < 4.78 is 55.1. The van der Waals surface area contributed by atoms with Gasteiger partial charge in [-0.1, -0.05) is 85.1 Å². The monoisotopic (exact) mass is 680 g/mol. The van der Waals surface area contributed by atoms with Gasteiger partial charge in [0.25, 0.3) is 0 Å². The number of benzene rings is 1. The molecule has 0 aromatic heterocycles. The maximum absolute atomic E-state index is 13.3. The highest BCUT2D eigenvalue weighted by molar-refractivity contribution is 7.97. The van der Waals surface area contributed by atoms with Crippen LogP contribution in [0.4, 0.5) is 8.78 Å². The van der Waals surface area contributed by atoms with E-state index >= 15 is 0 Å². The zero-order chi connectivity index (χ0) is 34.3. The second-order valence-electron chi connectivity index (χ2n) is 10.9. The minimum Gasteiger partial charge on any atom is -0.395 e. The van der Waals surface area contributed by atoms with E-state index in [1.807, 2.05) is 25.8 Å². The van der Waals surface area contributed by atoms with Crippen molar-refractivity contribution in [3.63, 3.8) is 0 Å². The number of hydrogen-bond acceptors (Lipinski definition) is 5. The molecule has 10 heteroatoms. The second-order valence-corrected chi connectivity index (χ2v) is 14.3. The third kappa shape index (κ3) is 19.3. The topological polar surface area (TPSA) is 60.9 Å². The molecule has 1 saturated carbocycles. The second kappa shape index (κ2) is 24.9. The summed E-state index contributed by atoms with van der Waals surface area (Å²) in [6.45, 7) is 22.1. The molecule has 44 heavy (non-hydrogen) atoms. The largest absolute Gasteiger partial charge is 0.395 e. The van der Waals surface area contributed by atoms with Crippen molar-refractivity contribution < 1.29 is 22.3 Å². The van der Waals surface area contributed by atoms with Crippen LogP contribution >= 0.6 is 23.5 Å². The third-order valence-electron chi connectivity index (χ3n) is 6.81. The first-order chi connectivity index (χ1) is 20.7. The molecule has 0 bridgehead atoms. The van der Waals surface area contributed by atoms with Crippen LogP contribution in [0, 0.1) is 17.0 Å². The van der Waals surface area contributed by atoms with Crippen LogP contribution in [0.15, 0.2) is 53.5 Å². The van der Waals surface area contributed by atoms with Gasteiger partial charge in [0.2, 0.25) is 10.0 Å². The van der Waals surface area contributed by atoms with Crippen molar-refractivity contribution in [3.8, 4) is 0 Å². The Morgan fingerprint density at radius 2 is 1.64 bits per heavy atom.